The van der Waals surface area contributed by atoms with Gasteiger partial charge in [-0.05, 0) is 40.4 Å². The molecule has 1 nitrogen and oxygen atoms in total. The average molecular weight is 348 g/mol. The predicted molar refractivity (Wildman–Crippen MR) is 78.7 cm³/mol. The van der Waals surface area contributed by atoms with E-state index in [-0.39, 0.29) is 5.78 Å². The highest BCUT2D eigenvalue weighted by atomic mass is 79.9. The lowest BCUT2D eigenvalue weighted by molar-refractivity contribution is 0.104. The Labute approximate surface area is 121 Å². The largest absolute Gasteiger partial charge is 0.288 e. The molecule has 0 aliphatic carbocycles. The van der Waals surface area contributed by atoms with Crippen LogP contribution in [0.5, 0.6) is 0 Å². The molecule has 1 aromatic carbocycles. The lowest BCUT2D eigenvalue weighted by Gasteiger charge is -2.03. The number of thioether (sulfide) groups is 1. The van der Waals surface area contributed by atoms with Crippen molar-refractivity contribution >= 4 is 56.4 Å². The van der Waals surface area contributed by atoms with Crippen LogP contribution >= 0.6 is 50.6 Å². The lowest BCUT2D eigenvalue weighted by atomic mass is 10.1. The van der Waals surface area contributed by atoms with Gasteiger partial charge in [0, 0.05) is 14.9 Å². The smallest absolute Gasteiger partial charge is 0.204 e. The Hall–Kier alpha value is -0.290. The van der Waals surface area contributed by atoms with Crippen molar-refractivity contribution in [2.45, 2.75) is 4.90 Å². The van der Waals surface area contributed by atoms with E-state index in [0.29, 0.717) is 9.21 Å². The van der Waals surface area contributed by atoms with Gasteiger partial charge in [0.25, 0.3) is 0 Å². The van der Waals surface area contributed by atoms with Crippen molar-refractivity contribution in [1.29, 1.82) is 0 Å². The van der Waals surface area contributed by atoms with Gasteiger partial charge in [-0.25, -0.2) is 0 Å². The maximum absolute atomic E-state index is 12.3. The lowest BCUT2D eigenvalue weighted by Crippen LogP contribution is -2.00. The molecule has 0 amide bonds. The van der Waals surface area contributed by atoms with Gasteiger partial charge in [-0.1, -0.05) is 23.7 Å². The molecule has 17 heavy (non-hydrogen) atoms. The first-order valence-electron chi connectivity index (χ1n) is 4.76. The van der Waals surface area contributed by atoms with Crippen LogP contribution in [0.2, 0.25) is 4.34 Å². The van der Waals surface area contributed by atoms with Crippen LogP contribution < -0.4 is 0 Å². The molecule has 0 spiro atoms. The Balaban J connectivity index is 2.43. The zero-order chi connectivity index (χ0) is 12.4. The zero-order valence-corrected chi connectivity index (χ0v) is 12.8. The molecule has 0 aliphatic rings. The highest BCUT2D eigenvalue weighted by Gasteiger charge is 2.16. The number of ketones is 1. The highest BCUT2D eigenvalue weighted by molar-refractivity contribution is 9.10. The first kappa shape index (κ1) is 13.1. The van der Waals surface area contributed by atoms with E-state index in [1.807, 2.05) is 30.5 Å². The summed E-state index contributed by atoms with van der Waals surface area (Å²) in [7, 11) is 0. The van der Waals surface area contributed by atoms with Gasteiger partial charge in [-0.15, -0.1) is 23.1 Å². The third-order valence-electron chi connectivity index (χ3n) is 2.22. The second-order valence-electron chi connectivity index (χ2n) is 3.26. The summed E-state index contributed by atoms with van der Waals surface area (Å²) < 4.78 is 1.38. The van der Waals surface area contributed by atoms with Crippen molar-refractivity contribution in [3.8, 4) is 0 Å². The van der Waals surface area contributed by atoms with E-state index >= 15 is 0 Å². The fourth-order valence-electron chi connectivity index (χ4n) is 1.42. The van der Waals surface area contributed by atoms with Crippen LogP contribution in [0.4, 0.5) is 0 Å². The molecule has 0 saturated carbocycles. The Bertz CT molecular complexity index is 546. The monoisotopic (exact) mass is 346 g/mol. The van der Waals surface area contributed by atoms with Gasteiger partial charge in [0.15, 0.2) is 0 Å². The van der Waals surface area contributed by atoms with Gasteiger partial charge in [0.1, 0.15) is 4.34 Å². The maximum Gasteiger partial charge on any atom is 0.204 e. The highest BCUT2D eigenvalue weighted by Crippen LogP contribution is 2.34. The number of hydrogen-bond donors (Lipinski definition) is 0. The Kier molecular flexibility index (Phi) is 4.31. The number of rotatable bonds is 3. The minimum absolute atomic E-state index is 0.0209. The van der Waals surface area contributed by atoms with Crippen molar-refractivity contribution in [3.05, 3.63) is 49.6 Å². The third kappa shape index (κ3) is 2.76. The molecule has 2 rings (SSSR count). The van der Waals surface area contributed by atoms with Crippen LogP contribution in [0, 0.1) is 0 Å². The fourth-order valence-corrected chi connectivity index (χ4v) is 3.67. The summed E-state index contributed by atoms with van der Waals surface area (Å²) in [5.74, 6) is 0.0209. The van der Waals surface area contributed by atoms with Gasteiger partial charge >= 0.3 is 0 Å². The Morgan fingerprint density at radius 3 is 2.71 bits per heavy atom. The first-order valence-corrected chi connectivity index (χ1v) is 7.97. The molecule has 0 saturated heterocycles. The summed E-state index contributed by atoms with van der Waals surface area (Å²) in [5, 5.41) is 0. The van der Waals surface area contributed by atoms with E-state index in [1.165, 1.54) is 11.3 Å². The van der Waals surface area contributed by atoms with Gasteiger partial charge in [-0.2, -0.15) is 0 Å². The number of carbonyl (C=O) groups is 1. The van der Waals surface area contributed by atoms with E-state index in [2.05, 4.69) is 15.9 Å². The van der Waals surface area contributed by atoms with E-state index in [0.717, 1.165) is 14.9 Å². The topological polar surface area (TPSA) is 17.1 Å². The summed E-state index contributed by atoms with van der Waals surface area (Å²) in [6.45, 7) is 0. The summed E-state index contributed by atoms with van der Waals surface area (Å²) in [4.78, 5) is 13.9. The van der Waals surface area contributed by atoms with Crippen molar-refractivity contribution in [2.24, 2.45) is 0 Å². The second-order valence-corrected chi connectivity index (χ2v) is 6.62. The summed E-state index contributed by atoms with van der Waals surface area (Å²) in [6, 6.07) is 9.36. The molecule has 0 bridgehead atoms. The van der Waals surface area contributed by atoms with Crippen LogP contribution in [0.25, 0.3) is 0 Å². The minimum Gasteiger partial charge on any atom is -0.288 e. The molecular weight excluding hydrogens is 340 g/mol. The van der Waals surface area contributed by atoms with Gasteiger partial charge in [-0.3, -0.25) is 4.79 Å². The minimum atomic E-state index is 0.0209. The van der Waals surface area contributed by atoms with Crippen molar-refractivity contribution in [1.82, 2.24) is 0 Å². The molecule has 0 fully saturated rings. The second kappa shape index (κ2) is 5.57. The van der Waals surface area contributed by atoms with Crippen LogP contribution in [0.1, 0.15) is 15.2 Å². The summed E-state index contributed by atoms with van der Waals surface area (Å²) in [6.07, 6.45) is 1.96. The van der Waals surface area contributed by atoms with Crippen molar-refractivity contribution in [2.75, 3.05) is 6.26 Å². The van der Waals surface area contributed by atoms with Crippen molar-refractivity contribution < 1.29 is 4.79 Å². The van der Waals surface area contributed by atoms with Crippen LogP contribution in [0.3, 0.4) is 0 Å². The summed E-state index contributed by atoms with van der Waals surface area (Å²) >= 11 is 12.1. The van der Waals surface area contributed by atoms with Gasteiger partial charge in [0.2, 0.25) is 5.78 Å². The van der Waals surface area contributed by atoms with Crippen LogP contribution in [-0.2, 0) is 0 Å². The molecule has 0 atom stereocenters. The molecular formula is C12H8BrClOS2. The molecule has 0 N–H and O–H groups in total. The molecule has 1 heterocycles. The maximum atomic E-state index is 12.3. The van der Waals surface area contributed by atoms with Crippen molar-refractivity contribution in [3.63, 3.8) is 0 Å². The summed E-state index contributed by atoms with van der Waals surface area (Å²) in [5.41, 5.74) is 0.727. The molecule has 2 aromatic rings. The molecule has 88 valence electrons. The van der Waals surface area contributed by atoms with Crippen LogP contribution in [0.15, 0.2) is 39.7 Å². The number of carbonyl (C=O) groups excluding carboxylic acids is 1. The standard InChI is InChI=1S/C12H8BrClOS2/c1-16-9-5-3-2-4-7(9)11(15)10-6-8(13)12(14)17-10/h2-6H,1H3. The normalized spacial score (nSPS) is 10.5. The third-order valence-corrected chi connectivity index (χ3v) is 5.49. The molecule has 1 aromatic heterocycles. The number of hydrogen-bond acceptors (Lipinski definition) is 3. The average Bonchev–Trinajstić information content (AvgIpc) is 2.68. The van der Waals surface area contributed by atoms with E-state index < -0.39 is 0 Å². The van der Waals surface area contributed by atoms with E-state index in [1.54, 1.807) is 17.8 Å². The zero-order valence-electron chi connectivity index (χ0n) is 8.87. The van der Waals surface area contributed by atoms with Crippen LogP contribution in [-0.4, -0.2) is 12.0 Å². The molecule has 0 aliphatic heterocycles. The Morgan fingerprint density at radius 2 is 2.12 bits per heavy atom. The van der Waals surface area contributed by atoms with E-state index in [4.69, 9.17) is 11.6 Å². The van der Waals surface area contributed by atoms with E-state index in [9.17, 15) is 4.79 Å². The molecule has 0 unspecified atom stereocenters. The Morgan fingerprint density at radius 1 is 1.41 bits per heavy atom. The van der Waals surface area contributed by atoms with Gasteiger partial charge < -0.3 is 0 Å². The van der Waals surface area contributed by atoms with Gasteiger partial charge in [0.05, 0.1) is 4.88 Å². The first-order chi connectivity index (χ1) is 8.13. The molecule has 0 radical (unpaired) electrons. The number of thiophene rings is 1. The SMILES string of the molecule is CSc1ccccc1C(=O)c1cc(Br)c(Cl)s1. The fraction of sp³-hybridized carbons (Fsp3) is 0.0833. The predicted octanol–water partition coefficient (Wildman–Crippen LogP) is 5.12. The number of halogens is 2. The number of benzene rings is 1. The molecule has 5 heteroatoms. The quantitative estimate of drug-likeness (QED) is 0.566.